The quantitative estimate of drug-likeness (QED) is 0.767. The molecular formula is C15H16F2N2O3. The number of alkyl halides is 2. The van der Waals surface area contributed by atoms with Crippen LogP contribution in [0.3, 0.4) is 0 Å². The van der Waals surface area contributed by atoms with E-state index in [1.54, 1.807) is 19.2 Å². The molecule has 22 heavy (non-hydrogen) atoms. The Morgan fingerprint density at radius 3 is 2.55 bits per heavy atom. The zero-order valence-electron chi connectivity index (χ0n) is 11.8. The van der Waals surface area contributed by atoms with Crippen LogP contribution >= 0.6 is 0 Å². The molecule has 0 saturated heterocycles. The maximum Gasteiger partial charge on any atom is 0.387 e. The number of ether oxygens (including phenoxy) is 1. The van der Waals surface area contributed by atoms with Crippen LogP contribution in [0.4, 0.5) is 8.78 Å². The Balaban J connectivity index is 1.90. The molecule has 0 fully saturated rings. The Kier molecular flexibility index (Phi) is 5.11. The number of carbonyl (C=O) groups excluding carboxylic acids is 1. The van der Waals surface area contributed by atoms with Crippen LogP contribution in [-0.2, 0) is 0 Å². The van der Waals surface area contributed by atoms with Crippen molar-refractivity contribution >= 4 is 5.91 Å². The van der Waals surface area contributed by atoms with Gasteiger partial charge in [0.1, 0.15) is 5.75 Å². The SMILES string of the molecule is Cc1[nH]ccc1C(=O)NCC(O)c1ccc(OC(F)F)cc1. The Bertz CT molecular complexity index is 626. The minimum Gasteiger partial charge on any atom is -0.435 e. The van der Waals surface area contributed by atoms with E-state index in [2.05, 4.69) is 15.0 Å². The highest BCUT2D eigenvalue weighted by atomic mass is 19.3. The lowest BCUT2D eigenvalue weighted by Gasteiger charge is -2.13. The van der Waals surface area contributed by atoms with Crippen molar-refractivity contribution in [2.24, 2.45) is 0 Å². The number of aromatic amines is 1. The number of benzene rings is 1. The molecule has 7 heteroatoms. The predicted octanol–water partition coefficient (Wildman–Crippen LogP) is 2.39. The van der Waals surface area contributed by atoms with Crippen LogP contribution in [0, 0.1) is 6.92 Å². The molecule has 1 aromatic heterocycles. The van der Waals surface area contributed by atoms with E-state index in [1.807, 2.05) is 0 Å². The number of nitrogens with one attached hydrogen (secondary N) is 2. The Morgan fingerprint density at radius 1 is 1.32 bits per heavy atom. The third kappa shape index (κ3) is 4.05. The summed E-state index contributed by atoms with van der Waals surface area (Å²) >= 11 is 0. The summed E-state index contributed by atoms with van der Waals surface area (Å²) in [6.07, 6.45) is 0.714. The molecule has 1 amide bonds. The van der Waals surface area contributed by atoms with E-state index in [4.69, 9.17) is 0 Å². The smallest absolute Gasteiger partial charge is 0.387 e. The lowest BCUT2D eigenvalue weighted by molar-refractivity contribution is -0.0498. The van der Waals surface area contributed by atoms with Crippen molar-refractivity contribution in [3.8, 4) is 5.75 Å². The van der Waals surface area contributed by atoms with Gasteiger partial charge in [0, 0.05) is 18.4 Å². The number of aliphatic hydroxyl groups is 1. The molecule has 0 spiro atoms. The summed E-state index contributed by atoms with van der Waals surface area (Å²) in [4.78, 5) is 14.8. The second-order valence-corrected chi connectivity index (χ2v) is 4.69. The van der Waals surface area contributed by atoms with Crippen molar-refractivity contribution in [2.75, 3.05) is 6.54 Å². The van der Waals surface area contributed by atoms with Crippen LogP contribution in [0.5, 0.6) is 5.75 Å². The van der Waals surface area contributed by atoms with Gasteiger partial charge >= 0.3 is 6.61 Å². The number of amides is 1. The first-order valence-electron chi connectivity index (χ1n) is 6.62. The van der Waals surface area contributed by atoms with Gasteiger partial charge in [-0.25, -0.2) is 0 Å². The van der Waals surface area contributed by atoms with Gasteiger partial charge in [0.25, 0.3) is 5.91 Å². The van der Waals surface area contributed by atoms with Gasteiger partial charge in [-0.3, -0.25) is 4.79 Å². The Hall–Kier alpha value is -2.41. The van der Waals surface area contributed by atoms with Crippen molar-refractivity contribution in [3.63, 3.8) is 0 Å². The molecule has 118 valence electrons. The average molecular weight is 310 g/mol. The number of aryl methyl sites for hydroxylation is 1. The van der Waals surface area contributed by atoms with Crippen molar-refractivity contribution in [3.05, 3.63) is 53.3 Å². The summed E-state index contributed by atoms with van der Waals surface area (Å²) in [7, 11) is 0. The zero-order valence-corrected chi connectivity index (χ0v) is 11.8. The molecule has 0 aliphatic carbocycles. The van der Waals surface area contributed by atoms with Gasteiger partial charge in [0.2, 0.25) is 0 Å². The molecular weight excluding hydrogens is 294 g/mol. The number of H-pyrrole nitrogens is 1. The van der Waals surface area contributed by atoms with Crippen LogP contribution in [0.25, 0.3) is 0 Å². The minimum atomic E-state index is -2.89. The predicted molar refractivity (Wildman–Crippen MR) is 75.9 cm³/mol. The van der Waals surface area contributed by atoms with Gasteiger partial charge in [0.05, 0.1) is 11.7 Å². The topological polar surface area (TPSA) is 74.4 Å². The van der Waals surface area contributed by atoms with Crippen molar-refractivity contribution in [1.82, 2.24) is 10.3 Å². The van der Waals surface area contributed by atoms with Gasteiger partial charge in [-0.15, -0.1) is 0 Å². The molecule has 0 aliphatic rings. The van der Waals surface area contributed by atoms with E-state index >= 15 is 0 Å². The summed E-state index contributed by atoms with van der Waals surface area (Å²) in [6, 6.07) is 7.26. The largest absolute Gasteiger partial charge is 0.435 e. The lowest BCUT2D eigenvalue weighted by Crippen LogP contribution is -2.28. The first kappa shape index (κ1) is 16.0. The first-order valence-corrected chi connectivity index (χ1v) is 6.62. The number of rotatable bonds is 6. The monoisotopic (exact) mass is 310 g/mol. The van der Waals surface area contributed by atoms with Crippen LogP contribution < -0.4 is 10.1 Å². The third-order valence-electron chi connectivity index (χ3n) is 3.14. The Morgan fingerprint density at radius 2 is 2.00 bits per heavy atom. The fourth-order valence-electron chi connectivity index (χ4n) is 1.97. The highest BCUT2D eigenvalue weighted by molar-refractivity contribution is 5.95. The minimum absolute atomic E-state index is 0.0120. The maximum atomic E-state index is 12.0. The summed E-state index contributed by atoms with van der Waals surface area (Å²) in [5, 5.41) is 12.6. The number of hydrogen-bond acceptors (Lipinski definition) is 3. The standard InChI is InChI=1S/C15H16F2N2O3/c1-9-12(6-7-18-9)14(21)19-8-13(20)10-2-4-11(5-3-10)22-15(16)17/h2-7,13,15,18,20H,8H2,1H3,(H,19,21). The van der Waals surface area contributed by atoms with Crippen LogP contribution in [0.2, 0.25) is 0 Å². The molecule has 0 saturated carbocycles. The second-order valence-electron chi connectivity index (χ2n) is 4.69. The van der Waals surface area contributed by atoms with Crippen LogP contribution in [0.15, 0.2) is 36.5 Å². The summed E-state index contributed by atoms with van der Waals surface area (Å²) in [6.45, 7) is -1.11. The number of aromatic nitrogens is 1. The molecule has 1 heterocycles. The summed E-state index contributed by atoms with van der Waals surface area (Å²) < 4.78 is 28.3. The summed E-state index contributed by atoms with van der Waals surface area (Å²) in [5.74, 6) is -0.284. The molecule has 1 atom stereocenters. The first-order chi connectivity index (χ1) is 10.5. The maximum absolute atomic E-state index is 12.0. The lowest BCUT2D eigenvalue weighted by atomic mass is 10.1. The van der Waals surface area contributed by atoms with Gasteiger partial charge in [-0.1, -0.05) is 12.1 Å². The fraction of sp³-hybridized carbons (Fsp3) is 0.267. The van der Waals surface area contributed by atoms with Gasteiger partial charge in [0.15, 0.2) is 0 Å². The number of hydrogen-bond donors (Lipinski definition) is 3. The summed E-state index contributed by atoms with van der Waals surface area (Å²) in [5.41, 5.74) is 1.74. The van der Waals surface area contributed by atoms with E-state index in [1.165, 1.54) is 24.3 Å². The normalized spacial score (nSPS) is 12.2. The molecule has 1 aromatic carbocycles. The van der Waals surface area contributed by atoms with Crippen molar-refractivity contribution < 1.29 is 23.4 Å². The zero-order chi connectivity index (χ0) is 16.1. The highest BCUT2D eigenvalue weighted by Gasteiger charge is 2.13. The average Bonchev–Trinajstić information content (AvgIpc) is 2.91. The van der Waals surface area contributed by atoms with E-state index in [9.17, 15) is 18.7 Å². The number of carbonyl (C=O) groups is 1. The number of aliphatic hydroxyl groups excluding tert-OH is 1. The van der Waals surface area contributed by atoms with Crippen LogP contribution in [-0.4, -0.2) is 29.2 Å². The molecule has 1 unspecified atom stereocenters. The molecule has 2 rings (SSSR count). The van der Waals surface area contributed by atoms with E-state index < -0.39 is 12.7 Å². The molecule has 5 nitrogen and oxygen atoms in total. The molecule has 0 bridgehead atoms. The van der Waals surface area contributed by atoms with Crippen molar-refractivity contribution in [1.29, 1.82) is 0 Å². The van der Waals surface area contributed by atoms with Crippen molar-refractivity contribution in [2.45, 2.75) is 19.6 Å². The highest BCUT2D eigenvalue weighted by Crippen LogP contribution is 2.19. The van der Waals surface area contributed by atoms with Gasteiger partial charge in [-0.2, -0.15) is 8.78 Å². The van der Waals surface area contributed by atoms with Gasteiger partial charge < -0.3 is 20.1 Å². The second kappa shape index (κ2) is 7.04. The van der Waals surface area contributed by atoms with E-state index in [0.29, 0.717) is 11.1 Å². The van der Waals surface area contributed by atoms with E-state index in [0.717, 1.165) is 5.69 Å². The third-order valence-corrected chi connectivity index (χ3v) is 3.14. The Labute approximate surface area is 125 Å². The fourth-order valence-corrected chi connectivity index (χ4v) is 1.97. The van der Waals surface area contributed by atoms with Gasteiger partial charge in [-0.05, 0) is 30.7 Å². The molecule has 2 aromatic rings. The molecule has 0 radical (unpaired) electrons. The molecule has 0 aliphatic heterocycles. The van der Waals surface area contributed by atoms with Crippen LogP contribution in [0.1, 0.15) is 27.7 Å². The number of halogens is 2. The molecule has 3 N–H and O–H groups in total. The van der Waals surface area contributed by atoms with E-state index in [-0.39, 0.29) is 18.2 Å².